The Bertz CT molecular complexity index is 710. The summed E-state index contributed by atoms with van der Waals surface area (Å²) in [6, 6.07) is 18.1. The number of carbonyl (C=O) groups excluding carboxylic acids is 1. The molecule has 5 nitrogen and oxygen atoms in total. The third kappa shape index (κ3) is 5.01. The Hall–Kier alpha value is -2.53. The molecule has 0 N–H and O–H groups in total. The first-order valence-electron chi connectivity index (χ1n) is 9.49. The maximum absolute atomic E-state index is 12.8. The largest absolute Gasteiger partial charge is 0.491 e. The SMILES string of the molecule is COCCOc1ccc(N2CCN(C(=O)C(C)c3ccccc3)CC2)cc1. The van der Waals surface area contributed by atoms with E-state index in [1.54, 1.807) is 7.11 Å². The number of nitrogens with zero attached hydrogens (tertiary/aromatic N) is 2. The van der Waals surface area contributed by atoms with Gasteiger partial charge in [-0.1, -0.05) is 30.3 Å². The predicted molar refractivity (Wildman–Crippen MR) is 107 cm³/mol. The third-order valence-electron chi connectivity index (χ3n) is 5.02. The van der Waals surface area contributed by atoms with Gasteiger partial charge in [0, 0.05) is 39.0 Å². The molecule has 1 saturated heterocycles. The lowest BCUT2D eigenvalue weighted by Gasteiger charge is -2.37. The minimum absolute atomic E-state index is 0.0960. The zero-order valence-corrected chi connectivity index (χ0v) is 16.1. The van der Waals surface area contributed by atoms with Crippen molar-refractivity contribution in [1.29, 1.82) is 0 Å². The molecule has 1 unspecified atom stereocenters. The van der Waals surface area contributed by atoms with Gasteiger partial charge in [-0.15, -0.1) is 0 Å². The highest BCUT2D eigenvalue weighted by Gasteiger charge is 2.25. The molecule has 2 aromatic rings. The van der Waals surface area contributed by atoms with Crippen LogP contribution >= 0.6 is 0 Å². The Morgan fingerprint density at radius 1 is 0.963 bits per heavy atom. The van der Waals surface area contributed by atoms with Gasteiger partial charge in [0.25, 0.3) is 0 Å². The standard InChI is InChI=1S/C22H28N2O3/c1-18(19-6-4-3-5-7-19)22(25)24-14-12-23(13-15-24)20-8-10-21(11-9-20)27-17-16-26-2/h3-11,18H,12-17H2,1-2H3. The van der Waals surface area contributed by atoms with Gasteiger partial charge in [0.05, 0.1) is 12.5 Å². The summed E-state index contributed by atoms with van der Waals surface area (Å²) in [4.78, 5) is 17.1. The van der Waals surface area contributed by atoms with Gasteiger partial charge in [-0.25, -0.2) is 0 Å². The molecular formula is C22H28N2O3. The number of carbonyl (C=O) groups is 1. The molecule has 0 radical (unpaired) electrons. The molecule has 1 atom stereocenters. The number of benzene rings is 2. The highest BCUT2D eigenvalue weighted by Crippen LogP contribution is 2.23. The van der Waals surface area contributed by atoms with E-state index in [0.717, 1.165) is 43.2 Å². The van der Waals surface area contributed by atoms with Crippen LogP contribution in [0.2, 0.25) is 0 Å². The van der Waals surface area contributed by atoms with Crippen molar-refractivity contribution < 1.29 is 14.3 Å². The Kier molecular flexibility index (Phi) is 6.71. The lowest BCUT2D eigenvalue weighted by atomic mass is 9.99. The van der Waals surface area contributed by atoms with Gasteiger partial charge in [0.15, 0.2) is 0 Å². The molecule has 3 rings (SSSR count). The number of ether oxygens (including phenoxy) is 2. The molecule has 1 aliphatic heterocycles. The van der Waals surface area contributed by atoms with E-state index in [4.69, 9.17) is 9.47 Å². The van der Waals surface area contributed by atoms with Crippen LogP contribution in [0.15, 0.2) is 54.6 Å². The van der Waals surface area contributed by atoms with Crippen molar-refractivity contribution in [3.63, 3.8) is 0 Å². The predicted octanol–water partition coefficient (Wildman–Crippen LogP) is 3.16. The molecule has 1 aliphatic rings. The van der Waals surface area contributed by atoms with E-state index in [2.05, 4.69) is 17.0 Å². The molecule has 0 spiro atoms. The second kappa shape index (κ2) is 9.42. The molecule has 0 saturated carbocycles. The molecule has 1 heterocycles. The molecular weight excluding hydrogens is 340 g/mol. The molecule has 5 heteroatoms. The summed E-state index contributed by atoms with van der Waals surface area (Å²) < 4.78 is 10.6. The number of methoxy groups -OCH3 is 1. The van der Waals surface area contributed by atoms with Crippen LogP contribution in [-0.2, 0) is 9.53 Å². The molecule has 1 fully saturated rings. The smallest absolute Gasteiger partial charge is 0.229 e. The first-order valence-corrected chi connectivity index (χ1v) is 9.49. The quantitative estimate of drug-likeness (QED) is 0.704. The summed E-state index contributed by atoms with van der Waals surface area (Å²) in [5.74, 6) is 0.963. The van der Waals surface area contributed by atoms with Crippen LogP contribution in [0.5, 0.6) is 5.75 Å². The van der Waals surface area contributed by atoms with Crippen molar-refractivity contribution in [2.45, 2.75) is 12.8 Å². The zero-order chi connectivity index (χ0) is 19.1. The minimum Gasteiger partial charge on any atom is -0.491 e. The fourth-order valence-corrected chi connectivity index (χ4v) is 3.34. The topological polar surface area (TPSA) is 42.0 Å². The number of piperazine rings is 1. The normalized spacial score (nSPS) is 15.5. The number of rotatable bonds is 7. The third-order valence-corrected chi connectivity index (χ3v) is 5.02. The molecule has 27 heavy (non-hydrogen) atoms. The second-order valence-electron chi connectivity index (χ2n) is 6.78. The fraction of sp³-hybridized carbons (Fsp3) is 0.409. The fourth-order valence-electron chi connectivity index (χ4n) is 3.34. The molecule has 1 amide bonds. The van der Waals surface area contributed by atoms with Gasteiger partial charge in [-0.3, -0.25) is 4.79 Å². The van der Waals surface area contributed by atoms with E-state index >= 15 is 0 Å². The van der Waals surface area contributed by atoms with Crippen LogP contribution in [0.1, 0.15) is 18.4 Å². The Morgan fingerprint density at radius 3 is 2.26 bits per heavy atom. The zero-order valence-electron chi connectivity index (χ0n) is 16.1. The van der Waals surface area contributed by atoms with Crippen molar-refractivity contribution in [2.75, 3.05) is 51.4 Å². The van der Waals surface area contributed by atoms with Crippen LogP contribution in [-0.4, -0.2) is 57.3 Å². The molecule has 0 aliphatic carbocycles. The van der Waals surface area contributed by atoms with Gasteiger partial charge >= 0.3 is 0 Å². The number of amides is 1. The maximum Gasteiger partial charge on any atom is 0.229 e. The van der Waals surface area contributed by atoms with Crippen molar-refractivity contribution in [3.05, 3.63) is 60.2 Å². The highest BCUT2D eigenvalue weighted by atomic mass is 16.5. The van der Waals surface area contributed by atoms with Gasteiger partial charge in [-0.05, 0) is 36.8 Å². The summed E-state index contributed by atoms with van der Waals surface area (Å²) in [6.45, 7) is 6.32. The van der Waals surface area contributed by atoms with Gasteiger partial charge in [-0.2, -0.15) is 0 Å². The van der Waals surface area contributed by atoms with E-state index in [1.165, 1.54) is 0 Å². The summed E-state index contributed by atoms with van der Waals surface area (Å²) in [7, 11) is 1.66. The lowest BCUT2D eigenvalue weighted by Crippen LogP contribution is -2.49. The van der Waals surface area contributed by atoms with Crippen LogP contribution in [0.3, 0.4) is 0 Å². The number of hydrogen-bond donors (Lipinski definition) is 0. The average molecular weight is 368 g/mol. The van der Waals surface area contributed by atoms with Gasteiger partial charge in [0.2, 0.25) is 5.91 Å². The summed E-state index contributed by atoms with van der Waals surface area (Å²) in [6.07, 6.45) is 0. The van der Waals surface area contributed by atoms with E-state index in [1.807, 2.05) is 54.3 Å². The summed E-state index contributed by atoms with van der Waals surface area (Å²) in [5, 5.41) is 0. The molecule has 0 bridgehead atoms. The van der Waals surface area contributed by atoms with Crippen molar-refractivity contribution in [3.8, 4) is 5.75 Å². The van der Waals surface area contributed by atoms with Crippen molar-refractivity contribution in [1.82, 2.24) is 4.90 Å². The molecule has 2 aromatic carbocycles. The van der Waals surface area contributed by atoms with E-state index in [9.17, 15) is 4.79 Å². The highest BCUT2D eigenvalue weighted by molar-refractivity contribution is 5.83. The number of hydrogen-bond acceptors (Lipinski definition) is 4. The van der Waals surface area contributed by atoms with Crippen molar-refractivity contribution >= 4 is 11.6 Å². The van der Waals surface area contributed by atoms with Crippen LogP contribution in [0.25, 0.3) is 0 Å². The van der Waals surface area contributed by atoms with Gasteiger partial charge in [0.1, 0.15) is 12.4 Å². The maximum atomic E-state index is 12.8. The van der Waals surface area contributed by atoms with E-state index in [0.29, 0.717) is 13.2 Å². The minimum atomic E-state index is -0.0960. The monoisotopic (exact) mass is 368 g/mol. The van der Waals surface area contributed by atoms with Crippen LogP contribution in [0.4, 0.5) is 5.69 Å². The van der Waals surface area contributed by atoms with Crippen LogP contribution in [0, 0.1) is 0 Å². The van der Waals surface area contributed by atoms with Gasteiger partial charge < -0.3 is 19.3 Å². The first-order chi connectivity index (χ1) is 13.2. The van der Waals surface area contributed by atoms with Crippen LogP contribution < -0.4 is 9.64 Å². The second-order valence-corrected chi connectivity index (χ2v) is 6.78. The molecule has 0 aromatic heterocycles. The Morgan fingerprint density at radius 2 is 1.63 bits per heavy atom. The van der Waals surface area contributed by atoms with Crippen molar-refractivity contribution in [2.24, 2.45) is 0 Å². The summed E-state index contributed by atoms with van der Waals surface area (Å²) in [5.41, 5.74) is 2.24. The lowest BCUT2D eigenvalue weighted by molar-refractivity contribution is -0.132. The average Bonchev–Trinajstić information content (AvgIpc) is 2.74. The van der Waals surface area contributed by atoms with E-state index < -0.39 is 0 Å². The number of anilines is 1. The Labute approximate surface area is 161 Å². The first kappa shape index (κ1) is 19.2. The summed E-state index contributed by atoms with van der Waals surface area (Å²) >= 11 is 0. The Balaban J connectivity index is 1.52. The van der Waals surface area contributed by atoms with E-state index in [-0.39, 0.29) is 11.8 Å². The molecule has 144 valence electrons.